The summed E-state index contributed by atoms with van der Waals surface area (Å²) in [5.41, 5.74) is 1.23. The van der Waals surface area contributed by atoms with Crippen molar-refractivity contribution in [3.8, 4) is 5.75 Å². The van der Waals surface area contributed by atoms with Gasteiger partial charge in [0.2, 0.25) is 0 Å². The Bertz CT molecular complexity index is 394. The predicted octanol–water partition coefficient (Wildman–Crippen LogP) is 4.61. The molecular formula is C17H25NO. The van der Waals surface area contributed by atoms with Crippen LogP contribution < -0.4 is 10.1 Å². The van der Waals surface area contributed by atoms with Gasteiger partial charge in [0, 0.05) is 11.7 Å². The Labute approximate surface area is 116 Å². The lowest BCUT2D eigenvalue weighted by Crippen LogP contribution is -2.15. The summed E-state index contributed by atoms with van der Waals surface area (Å²) >= 11 is 0. The quantitative estimate of drug-likeness (QED) is 0.852. The highest BCUT2D eigenvalue weighted by molar-refractivity contribution is 5.47. The van der Waals surface area contributed by atoms with Crippen molar-refractivity contribution in [3.63, 3.8) is 0 Å². The zero-order valence-corrected chi connectivity index (χ0v) is 11.9. The number of benzene rings is 1. The van der Waals surface area contributed by atoms with Crippen LogP contribution in [0.3, 0.4) is 0 Å². The molecule has 0 spiro atoms. The third kappa shape index (κ3) is 3.43. The van der Waals surface area contributed by atoms with Crippen molar-refractivity contribution in [2.24, 2.45) is 5.92 Å². The first-order valence-electron chi connectivity index (χ1n) is 7.83. The van der Waals surface area contributed by atoms with E-state index in [1.807, 2.05) is 0 Å². The third-order valence-electron chi connectivity index (χ3n) is 4.52. The Hall–Kier alpha value is -1.18. The monoisotopic (exact) mass is 259 g/mol. The summed E-state index contributed by atoms with van der Waals surface area (Å²) in [4.78, 5) is 0. The van der Waals surface area contributed by atoms with E-state index in [9.17, 15) is 0 Å². The minimum Gasteiger partial charge on any atom is -0.490 e. The van der Waals surface area contributed by atoms with Gasteiger partial charge in [0.1, 0.15) is 5.75 Å². The first-order valence-corrected chi connectivity index (χ1v) is 7.83. The van der Waals surface area contributed by atoms with Crippen LogP contribution >= 0.6 is 0 Å². The Morgan fingerprint density at radius 2 is 1.74 bits per heavy atom. The molecule has 0 bridgehead atoms. The molecule has 2 fully saturated rings. The highest BCUT2D eigenvalue weighted by atomic mass is 16.5. The number of ether oxygens (including phenoxy) is 1. The van der Waals surface area contributed by atoms with Gasteiger partial charge >= 0.3 is 0 Å². The lowest BCUT2D eigenvalue weighted by Gasteiger charge is -2.16. The molecule has 3 rings (SSSR count). The molecule has 0 radical (unpaired) electrons. The molecule has 2 aliphatic rings. The number of rotatable bonds is 4. The Morgan fingerprint density at radius 1 is 1.00 bits per heavy atom. The van der Waals surface area contributed by atoms with Crippen LogP contribution in [0.2, 0.25) is 0 Å². The van der Waals surface area contributed by atoms with Crippen LogP contribution in [0.4, 0.5) is 5.69 Å². The molecule has 2 aliphatic carbocycles. The fourth-order valence-corrected chi connectivity index (χ4v) is 3.40. The second kappa shape index (κ2) is 5.85. The standard InChI is InChI=1S/C17H25NO/c1-13-6-7-15(12-13)18-14-8-10-17(11-9-14)19-16-4-2-3-5-16/h8-11,13,15-16,18H,2-7,12H2,1H3. The van der Waals surface area contributed by atoms with Gasteiger partial charge in [-0.05, 0) is 75.1 Å². The van der Waals surface area contributed by atoms with Crippen LogP contribution in [0, 0.1) is 5.92 Å². The average Bonchev–Trinajstić information content (AvgIpc) is 3.04. The maximum Gasteiger partial charge on any atom is 0.119 e. The van der Waals surface area contributed by atoms with Gasteiger partial charge in [0.15, 0.2) is 0 Å². The molecule has 0 saturated heterocycles. The van der Waals surface area contributed by atoms with E-state index in [1.54, 1.807) is 0 Å². The zero-order valence-electron chi connectivity index (χ0n) is 11.9. The summed E-state index contributed by atoms with van der Waals surface area (Å²) in [5, 5.41) is 3.64. The van der Waals surface area contributed by atoms with Crippen LogP contribution in [0.1, 0.15) is 51.9 Å². The van der Waals surface area contributed by atoms with E-state index >= 15 is 0 Å². The van der Waals surface area contributed by atoms with Crippen molar-refractivity contribution >= 4 is 5.69 Å². The van der Waals surface area contributed by atoms with Crippen molar-refractivity contribution in [3.05, 3.63) is 24.3 Å². The molecular weight excluding hydrogens is 234 g/mol. The molecule has 2 nitrogen and oxygen atoms in total. The molecule has 1 aromatic rings. The minimum atomic E-state index is 0.453. The lowest BCUT2D eigenvalue weighted by atomic mass is 10.1. The third-order valence-corrected chi connectivity index (χ3v) is 4.52. The molecule has 1 N–H and O–H groups in total. The van der Waals surface area contributed by atoms with Gasteiger partial charge in [-0.2, -0.15) is 0 Å². The first kappa shape index (κ1) is 12.8. The molecule has 0 aromatic heterocycles. The highest BCUT2D eigenvalue weighted by Crippen LogP contribution is 2.29. The SMILES string of the molecule is CC1CCC(Nc2ccc(OC3CCCC3)cc2)C1. The molecule has 2 atom stereocenters. The largest absolute Gasteiger partial charge is 0.490 e. The summed E-state index contributed by atoms with van der Waals surface area (Å²) < 4.78 is 5.99. The maximum atomic E-state index is 5.99. The van der Waals surface area contributed by atoms with Gasteiger partial charge in [0.05, 0.1) is 6.10 Å². The molecule has 0 aliphatic heterocycles. The maximum absolute atomic E-state index is 5.99. The fraction of sp³-hybridized carbons (Fsp3) is 0.647. The first-order chi connectivity index (χ1) is 9.29. The normalized spacial score (nSPS) is 27.6. The topological polar surface area (TPSA) is 21.3 Å². The number of anilines is 1. The average molecular weight is 259 g/mol. The lowest BCUT2D eigenvalue weighted by molar-refractivity contribution is 0.210. The Balaban J connectivity index is 1.53. The second-order valence-corrected chi connectivity index (χ2v) is 6.31. The van der Waals surface area contributed by atoms with Gasteiger partial charge in [-0.15, -0.1) is 0 Å². The van der Waals surface area contributed by atoms with Gasteiger partial charge in [-0.1, -0.05) is 6.92 Å². The van der Waals surface area contributed by atoms with E-state index in [0.717, 1.165) is 11.7 Å². The van der Waals surface area contributed by atoms with Crippen molar-refractivity contribution in [2.45, 2.75) is 64.0 Å². The zero-order chi connectivity index (χ0) is 13.1. The van der Waals surface area contributed by atoms with Crippen LogP contribution in [0.15, 0.2) is 24.3 Å². The summed E-state index contributed by atoms with van der Waals surface area (Å²) in [6.07, 6.45) is 9.52. The van der Waals surface area contributed by atoms with E-state index in [0.29, 0.717) is 12.1 Å². The summed E-state index contributed by atoms with van der Waals surface area (Å²) in [7, 11) is 0. The Kier molecular flexibility index (Phi) is 3.95. The summed E-state index contributed by atoms with van der Waals surface area (Å²) in [5.74, 6) is 1.90. The number of hydrogen-bond acceptors (Lipinski definition) is 2. The smallest absolute Gasteiger partial charge is 0.119 e. The van der Waals surface area contributed by atoms with Gasteiger partial charge in [-0.3, -0.25) is 0 Å². The Morgan fingerprint density at radius 3 is 2.37 bits per heavy atom. The van der Waals surface area contributed by atoms with E-state index in [2.05, 4.69) is 36.5 Å². The molecule has 19 heavy (non-hydrogen) atoms. The van der Waals surface area contributed by atoms with Crippen molar-refractivity contribution in [1.82, 2.24) is 0 Å². The van der Waals surface area contributed by atoms with Crippen LogP contribution in [0.5, 0.6) is 5.75 Å². The van der Waals surface area contributed by atoms with Crippen molar-refractivity contribution in [1.29, 1.82) is 0 Å². The van der Waals surface area contributed by atoms with Gasteiger partial charge in [-0.25, -0.2) is 0 Å². The minimum absolute atomic E-state index is 0.453. The molecule has 0 heterocycles. The summed E-state index contributed by atoms with van der Waals surface area (Å²) in [6, 6.07) is 9.20. The highest BCUT2D eigenvalue weighted by Gasteiger charge is 2.21. The predicted molar refractivity (Wildman–Crippen MR) is 79.8 cm³/mol. The second-order valence-electron chi connectivity index (χ2n) is 6.31. The van der Waals surface area contributed by atoms with Crippen LogP contribution in [-0.2, 0) is 0 Å². The summed E-state index contributed by atoms with van der Waals surface area (Å²) in [6.45, 7) is 2.35. The molecule has 104 valence electrons. The molecule has 2 heteroatoms. The van der Waals surface area contributed by atoms with Crippen LogP contribution in [-0.4, -0.2) is 12.1 Å². The number of nitrogens with one attached hydrogen (secondary N) is 1. The van der Waals surface area contributed by atoms with Gasteiger partial charge < -0.3 is 10.1 Å². The van der Waals surface area contributed by atoms with E-state index in [-0.39, 0.29) is 0 Å². The van der Waals surface area contributed by atoms with Crippen molar-refractivity contribution < 1.29 is 4.74 Å². The van der Waals surface area contributed by atoms with E-state index < -0.39 is 0 Å². The number of hydrogen-bond donors (Lipinski definition) is 1. The van der Waals surface area contributed by atoms with E-state index in [4.69, 9.17) is 4.74 Å². The molecule has 0 amide bonds. The fourth-order valence-electron chi connectivity index (χ4n) is 3.40. The van der Waals surface area contributed by atoms with Crippen molar-refractivity contribution in [2.75, 3.05) is 5.32 Å². The molecule has 1 aromatic carbocycles. The van der Waals surface area contributed by atoms with Crippen LogP contribution in [0.25, 0.3) is 0 Å². The van der Waals surface area contributed by atoms with Gasteiger partial charge in [0.25, 0.3) is 0 Å². The molecule has 2 saturated carbocycles. The molecule has 2 unspecified atom stereocenters. The van der Waals surface area contributed by atoms with E-state index in [1.165, 1.54) is 50.6 Å².